The largest absolute Gasteiger partial charge is 0.300 e. The highest BCUT2D eigenvalue weighted by Gasteiger charge is 2.11. The molecule has 2 rings (SSSR count). The molecule has 0 radical (unpaired) electrons. The molecule has 0 bridgehead atoms. The van der Waals surface area contributed by atoms with E-state index >= 15 is 0 Å². The molecule has 1 aromatic carbocycles. The number of rotatable bonds is 8. The van der Waals surface area contributed by atoms with E-state index in [1.54, 1.807) is 0 Å². The highest BCUT2D eigenvalue weighted by atomic mass is 15.1. The van der Waals surface area contributed by atoms with Crippen LogP contribution in [0.1, 0.15) is 38.8 Å². The molecule has 0 fully saturated rings. The Hall–Kier alpha value is -1.45. The van der Waals surface area contributed by atoms with Crippen LogP contribution in [0.25, 0.3) is 10.9 Å². The van der Waals surface area contributed by atoms with Crippen LogP contribution < -0.4 is 0 Å². The van der Waals surface area contributed by atoms with Gasteiger partial charge in [-0.25, -0.2) is 0 Å². The van der Waals surface area contributed by atoms with Gasteiger partial charge in [0.1, 0.15) is 0 Å². The maximum atomic E-state index is 4.68. The van der Waals surface area contributed by atoms with Gasteiger partial charge in [-0.3, -0.25) is 14.8 Å². The first kappa shape index (κ1) is 16.9. The minimum absolute atomic E-state index is 0.978. The van der Waals surface area contributed by atoms with Crippen LogP contribution >= 0.6 is 0 Å². The van der Waals surface area contributed by atoms with Gasteiger partial charge in [0.15, 0.2) is 0 Å². The van der Waals surface area contributed by atoms with Crippen molar-refractivity contribution in [3.63, 3.8) is 0 Å². The molecule has 1 heterocycles. The number of hydrogen-bond acceptors (Lipinski definition) is 3. The number of nitrogens with zero attached hydrogens (tertiary/aromatic N) is 3. The van der Waals surface area contributed by atoms with E-state index in [0.29, 0.717) is 0 Å². The molecule has 0 aliphatic rings. The predicted molar refractivity (Wildman–Crippen MR) is 95.0 cm³/mol. The van der Waals surface area contributed by atoms with Crippen LogP contribution in [-0.4, -0.2) is 41.0 Å². The summed E-state index contributed by atoms with van der Waals surface area (Å²) in [5.41, 5.74) is 3.89. The molecule has 0 unspecified atom stereocenters. The molecule has 3 heteroatoms. The highest BCUT2D eigenvalue weighted by molar-refractivity contribution is 5.85. The third-order valence-corrected chi connectivity index (χ3v) is 4.52. The second kappa shape index (κ2) is 8.25. The zero-order valence-corrected chi connectivity index (χ0v) is 14.5. The summed E-state index contributed by atoms with van der Waals surface area (Å²) < 4.78 is 0. The summed E-state index contributed by atoms with van der Waals surface area (Å²) in [4.78, 5) is 9.57. The van der Waals surface area contributed by atoms with Gasteiger partial charge in [0.2, 0.25) is 0 Å². The van der Waals surface area contributed by atoms with Crippen molar-refractivity contribution >= 4 is 10.9 Å². The molecule has 0 saturated carbocycles. The van der Waals surface area contributed by atoms with Crippen molar-refractivity contribution in [2.24, 2.45) is 0 Å². The molecule has 0 spiro atoms. The summed E-state index contributed by atoms with van der Waals surface area (Å²) in [5, 5.41) is 1.30. The lowest BCUT2D eigenvalue weighted by molar-refractivity contribution is 0.295. The lowest BCUT2D eigenvalue weighted by Crippen LogP contribution is -2.23. The quantitative estimate of drug-likeness (QED) is 0.736. The molecule has 0 aliphatic heterocycles. The topological polar surface area (TPSA) is 19.4 Å². The summed E-state index contributed by atoms with van der Waals surface area (Å²) in [7, 11) is 0. The molecule has 0 amide bonds. The Morgan fingerprint density at radius 2 is 1.32 bits per heavy atom. The van der Waals surface area contributed by atoms with Crippen LogP contribution in [0.5, 0.6) is 0 Å². The molecule has 1 aromatic heterocycles. The first-order valence-corrected chi connectivity index (χ1v) is 8.53. The number of benzene rings is 1. The summed E-state index contributed by atoms with van der Waals surface area (Å²) >= 11 is 0. The van der Waals surface area contributed by atoms with E-state index in [-0.39, 0.29) is 0 Å². The summed E-state index contributed by atoms with van der Waals surface area (Å²) in [6, 6.07) is 8.83. The first-order valence-electron chi connectivity index (χ1n) is 8.53. The molecule has 120 valence electrons. The van der Waals surface area contributed by atoms with E-state index in [0.717, 1.165) is 39.3 Å². The zero-order chi connectivity index (χ0) is 15.9. The van der Waals surface area contributed by atoms with Crippen molar-refractivity contribution in [1.29, 1.82) is 0 Å². The average molecular weight is 299 g/mol. The second-order valence-electron chi connectivity index (χ2n) is 5.71. The fourth-order valence-corrected chi connectivity index (χ4v) is 2.93. The number of hydrogen-bond donors (Lipinski definition) is 0. The number of fused-ring (bicyclic) bond motifs is 1. The molecule has 0 aliphatic carbocycles. The third kappa shape index (κ3) is 3.84. The van der Waals surface area contributed by atoms with Crippen molar-refractivity contribution in [2.45, 2.75) is 40.8 Å². The van der Waals surface area contributed by atoms with Gasteiger partial charge in [0, 0.05) is 24.7 Å². The van der Waals surface area contributed by atoms with Crippen LogP contribution in [0.4, 0.5) is 0 Å². The average Bonchev–Trinajstić information content (AvgIpc) is 2.58. The molecule has 0 atom stereocenters. The SMILES string of the molecule is CCN(CC)Cc1ccc(CN(CC)CC)c2ncccc12. The van der Waals surface area contributed by atoms with Crippen LogP contribution in [-0.2, 0) is 13.1 Å². The zero-order valence-electron chi connectivity index (χ0n) is 14.5. The summed E-state index contributed by atoms with van der Waals surface area (Å²) in [5.74, 6) is 0. The molecule has 3 nitrogen and oxygen atoms in total. The minimum Gasteiger partial charge on any atom is -0.300 e. The number of pyridine rings is 1. The maximum Gasteiger partial charge on any atom is 0.0750 e. The van der Waals surface area contributed by atoms with Crippen LogP contribution in [0.3, 0.4) is 0 Å². The number of aromatic nitrogens is 1. The smallest absolute Gasteiger partial charge is 0.0750 e. The van der Waals surface area contributed by atoms with Gasteiger partial charge in [0.05, 0.1) is 5.52 Å². The normalized spacial score (nSPS) is 11.7. The highest BCUT2D eigenvalue weighted by Crippen LogP contribution is 2.23. The Morgan fingerprint density at radius 1 is 0.773 bits per heavy atom. The van der Waals surface area contributed by atoms with Crippen molar-refractivity contribution in [2.75, 3.05) is 26.2 Å². The minimum atomic E-state index is 0.978. The Morgan fingerprint density at radius 3 is 1.91 bits per heavy atom. The second-order valence-corrected chi connectivity index (χ2v) is 5.71. The fourth-order valence-electron chi connectivity index (χ4n) is 2.93. The maximum absolute atomic E-state index is 4.68. The van der Waals surface area contributed by atoms with Crippen LogP contribution in [0.15, 0.2) is 30.5 Å². The van der Waals surface area contributed by atoms with E-state index in [2.05, 4.69) is 66.7 Å². The molecule has 0 saturated heterocycles. The van der Waals surface area contributed by atoms with Gasteiger partial charge >= 0.3 is 0 Å². The fraction of sp³-hybridized carbons (Fsp3) is 0.526. The lowest BCUT2D eigenvalue weighted by Gasteiger charge is -2.22. The van der Waals surface area contributed by atoms with Gasteiger partial charge in [-0.1, -0.05) is 45.9 Å². The van der Waals surface area contributed by atoms with Gasteiger partial charge in [-0.2, -0.15) is 0 Å². The van der Waals surface area contributed by atoms with Crippen molar-refractivity contribution < 1.29 is 0 Å². The van der Waals surface area contributed by atoms with Crippen molar-refractivity contribution in [3.05, 3.63) is 41.6 Å². The van der Waals surface area contributed by atoms with E-state index in [1.807, 2.05) is 6.20 Å². The van der Waals surface area contributed by atoms with E-state index in [9.17, 15) is 0 Å². The Labute approximate surface area is 135 Å². The van der Waals surface area contributed by atoms with Crippen LogP contribution in [0.2, 0.25) is 0 Å². The standard InChI is InChI=1S/C19H29N3/c1-5-21(6-2)14-16-11-12-17(15-22(7-3)8-4)19-18(16)10-9-13-20-19/h9-13H,5-8,14-15H2,1-4H3. The molecule has 0 N–H and O–H groups in total. The van der Waals surface area contributed by atoms with Gasteiger partial charge in [0.25, 0.3) is 0 Å². The van der Waals surface area contributed by atoms with Gasteiger partial charge in [-0.05, 0) is 43.4 Å². The third-order valence-electron chi connectivity index (χ3n) is 4.52. The van der Waals surface area contributed by atoms with Crippen molar-refractivity contribution in [3.8, 4) is 0 Å². The van der Waals surface area contributed by atoms with Gasteiger partial charge in [-0.15, -0.1) is 0 Å². The summed E-state index contributed by atoms with van der Waals surface area (Å²) in [6.07, 6.45) is 1.91. The Kier molecular flexibility index (Phi) is 6.34. The monoisotopic (exact) mass is 299 g/mol. The molecule has 22 heavy (non-hydrogen) atoms. The van der Waals surface area contributed by atoms with E-state index < -0.39 is 0 Å². The molecular weight excluding hydrogens is 270 g/mol. The lowest BCUT2D eigenvalue weighted by atomic mass is 10.0. The predicted octanol–water partition coefficient (Wildman–Crippen LogP) is 3.92. The Bertz CT molecular complexity index is 534. The van der Waals surface area contributed by atoms with E-state index in [4.69, 9.17) is 0 Å². The van der Waals surface area contributed by atoms with Crippen LogP contribution in [0, 0.1) is 0 Å². The first-order chi connectivity index (χ1) is 10.7. The van der Waals surface area contributed by atoms with Gasteiger partial charge < -0.3 is 0 Å². The van der Waals surface area contributed by atoms with E-state index in [1.165, 1.54) is 22.0 Å². The Balaban J connectivity index is 2.38. The van der Waals surface area contributed by atoms with Crippen molar-refractivity contribution in [1.82, 2.24) is 14.8 Å². The summed E-state index contributed by atoms with van der Waals surface area (Å²) in [6.45, 7) is 15.2. The molecule has 2 aromatic rings. The molecular formula is C19H29N3.